The van der Waals surface area contributed by atoms with E-state index in [9.17, 15) is 24.0 Å². The third kappa shape index (κ3) is 67.3. The van der Waals surface area contributed by atoms with E-state index in [2.05, 4.69) is 0 Å². The molecule has 6 heteroatoms. The van der Waals surface area contributed by atoms with Crippen molar-refractivity contribution in [3.05, 3.63) is 0 Å². The molecular weight excluding hydrogens is 336 g/mol. The zero-order valence-electron chi connectivity index (χ0n) is 17.8. The maximum atomic E-state index is 10.2. The van der Waals surface area contributed by atoms with E-state index >= 15 is 0 Å². The van der Waals surface area contributed by atoms with E-state index < -0.39 is 0 Å². The summed E-state index contributed by atoms with van der Waals surface area (Å²) < 4.78 is 0. The molecule has 6 nitrogen and oxygen atoms in total. The predicted octanol–water partition coefficient (Wildman–Crippen LogP) is 4.11. The number of ketones is 4. The Kier molecular flexibility index (Phi) is 46.5. The fourth-order valence-corrected chi connectivity index (χ4v) is 0.851. The lowest BCUT2D eigenvalue weighted by molar-refractivity contribution is -0.135. The number of carbonyl (C=O) groups excluding carboxylic acids is 6. The highest BCUT2D eigenvalue weighted by Crippen LogP contribution is 1.84. The van der Waals surface area contributed by atoms with Crippen LogP contribution in [0.5, 0.6) is 0 Å². The lowest BCUT2D eigenvalue weighted by atomic mass is 10.2. The summed E-state index contributed by atoms with van der Waals surface area (Å²) in [7, 11) is 0. The van der Waals surface area contributed by atoms with E-state index in [1.165, 1.54) is 13.8 Å². The molecule has 0 bridgehead atoms. The Balaban J connectivity index is -0.0000000727. The van der Waals surface area contributed by atoms with E-state index in [1.807, 2.05) is 27.7 Å². The van der Waals surface area contributed by atoms with Crippen LogP contribution in [-0.4, -0.2) is 35.7 Å². The second kappa shape index (κ2) is 34.4. The molecule has 0 aliphatic rings. The van der Waals surface area contributed by atoms with Crippen LogP contribution in [0, 0.1) is 0 Å². The Morgan fingerprint density at radius 1 is 0.769 bits per heavy atom. The Morgan fingerprint density at radius 2 is 1.12 bits per heavy atom. The van der Waals surface area contributed by atoms with Crippen LogP contribution in [0.1, 0.15) is 93.9 Å². The summed E-state index contributed by atoms with van der Waals surface area (Å²) in [5.74, 6) is -0.00463. The van der Waals surface area contributed by atoms with Crippen molar-refractivity contribution in [2.45, 2.75) is 93.9 Å². The van der Waals surface area contributed by atoms with Crippen molar-refractivity contribution in [2.24, 2.45) is 0 Å². The van der Waals surface area contributed by atoms with Crippen LogP contribution >= 0.6 is 0 Å². The molecule has 0 fully saturated rings. The molecule has 0 aromatic heterocycles. The van der Waals surface area contributed by atoms with E-state index in [4.69, 9.17) is 4.79 Å². The number of aldehydes is 2. The number of carbonyl (C=O) groups is 6. The van der Waals surface area contributed by atoms with E-state index in [1.54, 1.807) is 13.8 Å². The van der Waals surface area contributed by atoms with Gasteiger partial charge in [0.25, 0.3) is 0 Å². The highest BCUT2D eigenvalue weighted by Gasteiger charge is 2.00. The Labute approximate surface area is 159 Å². The number of Topliss-reactive ketones (excluding diaryl/α,β-unsaturated/α-hetero) is 4. The number of hydrogen-bond acceptors (Lipinski definition) is 6. The minimum atomic E-state index is -0.345. The molecule has 154 valence electrons. The van der Waals surface area contributed by atoms with Gasteiger partial charge in [0.15, 0.2) is 11.6 Å². The summed E-state index contributed by atoms with van der Waals surface area (Å²) in [6.45, 7) is 13.6. The van der Waals surface area contributed by atoms with Gasteiger partial charge in [-0.05, 0) is 20.3 Å². The smallest absolute Gasteiger partial charge is 0.197 e. The van der Waals surface area contributed by atoms with Crippen molar-refractivity contribution >= 4 is 35.7 Å². The summed E-state index contributed by atoms with van der Waals surface area (Å²) in [6, 6.07) is 0. The third-order valence-corrected chi connectivity index (χ3v) is 2.27. The number of hydrogen-bond donors (Lipinski definition) is 0. The van der Waals surface area contributed by atoms with Gasteiger partial charge in [-0.1, -0.05) is 34.6 Å². The van der Waals surface area contributed by atoms with Crippen molar-refractivity contribution < 1.29 is 28.8 Å². The highest BCUT2D eigenvalue weighted by molar-refractivity contribution is 6.36. The van der Waals surface area contributed by atoms with Gasteiger partial charge in [-0.25, -0.2) is 0 Å². The molecule has 0 unspecified atom stereocenters. The standard InChI is InChI=1S/C5H8O2.2C5H10O.C3H6O.C2H4O/c1-3-5(7)4(2)6;1-3-4-5(2)6;1-3-5(6)4-2;1-2-3-4;1-2-3/h3H2,1-2H3;2*3-4H2,1-2H3;3H,2H2,1H3;2H,1H3. The quantitative estimate of drug-likeness (QED) is 0.491. The van der Waals surface area contributed by atoms with E-state index in [0.29, 0.717) is 31.5 Å². The van der Waals surface area contributed by atoms with Gasteiger partial charge in [-0.3, -0.25) is 14.4 Å². The maximum Gasteiger partial charge on any atom is 0.197 e. The minimum Gasteiger partial charge on any atom is -0.304 e. The van der Waals surface area contributed by atoms with Crippen LogP contribution < -0.4 is 0 Å². The largest absolute Gasteiger partial charge is 0.304 e. The zero-order chi connectivity index (χ0) is 22.0. The van der Waals surface area contributed by atoms with E-state index in [0.717, 1.165) is 25.4 Å². The molecule has 0 N–H and O–H groups in total. The maximum absolute atomic E-state index is 10.2. The van der Waals surface area contributed by atoms with Gasteiger partial charge >= 0.3 is 0 Å². The van der Waals surface area contributed by atoms with Gasteiger partial charge in [-0.2, -0.15) is 0 Å². The van der Waals surface area contributed by atoms with Gasteiger partial charge in [0.2, 0.25) is 0 Å². The molecule has 0 aromatic carbocycles. The lowest BCUT2D eigenvalue weighted by Gasteiger charge is -1.81. The van der Waals surface area contributed by atoms with Gasteiger partial charge in [0.1, 0.15) is 24.1 Å². The van der Waals surface area contributed by atoms with Gasteiger partial charge in [-0.15, -0.1) is 0 Å². The fraction of sp³-hybridized carbons (Fsp3) is 0.700. The molecule has 0 saturated heterocycles. The van der Waals surface area contributed by atoms with Crippen LogP contribution in [0.3, 0.4) is 0 Å². The molecule has 0 saturated carbocycles. The number of rotatable bonds is 7. The molecule has 0 atom stereocenters. The lowest BCUT2D eigenvalue weighted by Crippen LogP contribution is -2.06. The van der Waals surface area contributed by atoms with E-state index in [-0.39, 0.29) is 17.3 Å². The first kappa shape index (κ1) is 35.2. The summed E-state index contributed by atoms with van der Waals surface area (Å²) in [5.41, 5.74) is 0. The SMILES string of the molecule is CC=O.CCC(=O)C(C)=O.CCC(=O)CC.CCC=O.CCCC(C)=O. The monoisotopic (exact) mass is 374 g/mol. The second-order valence-electron chi connectivity index (χ2n) is 4.84. The van der Waals surface area contributed by atoms with Gasteiger partial charge < -0.3 is 14.4 Å². The first-order chi connectivity index (χ1) is 12.1. The first-order valence-corrected chi connectivity index (χ1v) is 8.97. The van der Waals surface area contributed by atoms with Crippen LogP contribution in [0.4, 0.5) is 0 Å². The fourth-order valence-electron chi connectivity index (χ4n) is 0.851. The van der Waals surface area contributed by atoms with Crippen molar-refractivity contribution in [2.75, 3.05) is 0 Å². The second-order valence-corrected chi connectivity index (χ2v) is 4.84. The third-order valence-electron chi connectivity index (χ3n) is 2.27. The summed E-state index contributed by atoms with van der Waals surface area (Å²) in [6.07, 6.45) is 5.69. The normalized spacial score (nSPS) is 7.54. The topological polar surface area (TPSA) is 102 Å². The minimum absolute atomic E-state index is 0.289. The molecule has 0 heterocycles. The van der Waals surface area contributed by atoms with Gasteiger partial charge in [0, 0.05) is 39.0 Å². The molecule has 0 amide bonds. The molecular formula is C20H38O6. The highest BCUT2D eigenvalue weighted by atomic mass is 16.2. The molecule has 0 aromatic rings. The van der Waals surface area contributed by atoms with Crippen molar-refractivity contribution in [3.8, 4) is 0 Å². The molecule has 0 spiro atoms. The summed E-state index contributed by atoms with van der Waals surface area (Å²) in [5, 5.41) is 0. The molecule has 0 aliphatic carbocycles. The van der Waals surface area contributed by atoms with Gasteiger partial charge in [0.05, 0.1) is 0 Å². The summed E-state index contributed by atoms with van der Waals surface area (Å²) >= 11 is 0. The molecule has 0 radical (unpaired) electrons. The average molecular weight is 375 g/mol. The van der Waals surface area contributed by atoms with Crippen LogP contribution in [0.25, 0.3) is 0 Å². The average Bonchev–Trinajstić information content (AvgIpc) is 2.61. The predicted molar refractivity (Wildman–Crippen MR) is 105 cm³/mol. The molecule has 0 rings (SSSR count). The van der Waals surface area contributed by atoms with Crippen LogP contribution in [-0.2, 0) is 28.8 Å². The Hall–Kier alpha value is -1.98. The Bertz CT molecular complexity index is 366. The van der Waals surface area contributed by atoms with Crippen molar-refractivity contribution in [1.82, 2.24) is 0 Å². The zero-order valence-corrected chi connectivity index (χ0v) is 17.8. The molecule has 26 heavy (non-hydrogen) atoms. The van der Waals surface area contributed by atoms with Crippen LogP contribution in [0.15, 0.2) is 0 Å². The van der Waals surface area contributed by atoms with Crippen LogP contribution in [0.2, 0.25) is 0 Å². The molecule has 0 aliphatic heterocycles. The van der Waals surface area contributed by atoms with Crippen molar-refractivity contribution in [3.63, 3.8) is 0 Å². The van der Waals surface area contributed by atoms with Crippen molar-refractivity contribution in [1.29, 1.82) is 0 Å². The Morgan fingerprint density at radius 3 is 1.12 bits per heavy atom. The summed E-state index contributed by atoms with van der Waals surface area (Å²) in [4.78, 5) is 58.4. The first-order valence-electron chi connectivity index (χ1n) is 8.97.